The van der Waals surface area contributed by atoms with Crippen LogP contribution in [0.25, 0.3) is 11.0 Å². The number of fused-ring (bicyclic) bond motifs is 1. The van der Waals surface area contributed by atoms with E-state index in [1.54, 1.807) is 0 Å². The van der Waals surface area contributed by atoms with E-state index in [1.807, 2.05) is 10.8 Å². The van der Waals surface area contributed by atoms with Gasteiger partial charge in [-0.2, -0.15) is 0 Å². The zero-order valence-electron chi connectivity index (χ0n) is 9.31. The van der Waals surface area contributed by atoms with Crippen LogP contribution in [0.3, 0.4) is 0 Å². The molecule has 0 N–H and O–H groups in total. The maximum absolute atomic E-state index is 6.10. The average molecular weight is 374 g/mol. The molecule has 6 heteroatoms. The number of rotatable bonds is 1. The van der Waals surface area contributed by atoms with E-state index >= 15 is 0 Å². The summed E-state index contributed by atoms with van der Waals surface area (Å²) in [5.41, 5.74) is 0.770. The Labute approximate surface area is 123 Å². The molecule has 1 aliphatic heterocycles. The minimum Gasteiger partial charge on any atom is -0.357 e. The largest absolute Gasteiger partial charge is 0.357 e. The Balaban J connectivity index is 2.19. The molecule has 0 bridgehead atoms. The van der Waals surface area contributed by atoms with Gasteiger partial charge in [-0.3, -0.25) is 0 Å². The van der Waals surface area contributed by atoms with Gasteiger partial charge in [0.05, 0.1) is 17.9 Å². The molecule has 1 fully saturated rings. The number of halogens is 2. The molecule has 0 unspecified atom stereocenters. The fraction of sp³-hybridized carbons (Fsp3) is 0.333. The van der Waals surface area contributed by atoms with Gasteiger partial charge in [0.25, 0.3) is 0 Å². The van der Waals surface area contributed by atoms with E-state index in [2.05, 4.69) is 38.5 Å². The van der Waals surface area contributed by atoms with Crippen LogP contribution < -0.4 is 0 Å². The predicted molar refractivity (Wildman–Crippen MR) is 77.2 cm³/mol. The van der Waals surface area contributed by atoms with Gasteiger partial charge < -0.3 is 9.30 Å². The van der Waals surface area contributed by atoms with Crippen molar-refractivity contribution in [2.24, 2.45) is 5.92 Å². The summed E-state index contributed by atoms with van der Waals surface area (Å²) >= 11 is 8.32. The summed E-state index contributed by atoms with van der Waals surface area (Å²) in [5, 5.41) is 1.31. The van der Waals surface area contributed by atoms with Crippen molar-refractivity contribution in [3.8, 4) is 12.3 Å². The molecule has 3 rings (SSSR count). The number of nitrogens with zero attached hydrogens (tertiary/aromatic N) is 3. The van der Waals surface area contributed by atoms with Gasteiger partial charge in [-0.25, -0.2) is 9.97 Å². The van der Waals surface area contributed by atoms with E-state index in [0.29, 0.717) is 11.8 Å². The fourth-order valence-corrected chi connectivity index (χ4v) is 3.40. The van der Waals surface area contributed by atoms with Gasteiger partial charge in [0.15, 0.2) is 0 Å². The second kappa shape index (κ2) is 4.68. The first kappa shape index (κ1) is 12.2. The maximum Gasteiger partial charge on any atom is 0.149 e. The maximum atomic E-state index is 6.10. The monoisotopic (exact) mass is 373 g/mol. The van der Waals surface area contributed by atoms with Crippen LogP contribution in [0, 0.1) is 21.8 Å². The number of aromatic nitrogens is 3. The molecule has 0 aromatic carbocycles. The van der Waals surface area contributed by atoms with Crippen LogP contribution >= 0.6 is 34.2 Å². The van der Waals surface area contributed by atoms with Crippen LogP contribution in [-0.4, -0.2) is 21.1 Å². The lowest BCUT2D eigenvalue weighted by Crippen LogP contribution is -2.13. The molecule has 18 heavy (non-hydrogen) atoms. The van der Waals surface area contributed by atoms with Crippen LogP contribution in [0.2, 0.25) is 5.15 Å². The predicted octanol–water partition coefficient (Wildman–Crippen LogP) is 2.86. The summed E-state index contributed by atoms with van der Waals surface area (Å²) in [6, 6.07) is 0. The minimum absolute atomic E-state index is 0.0742. The van der Waals surface area contributed by atoms with Gasteiger partial charge >= 0.3 is 0 Å². The lowest BCUT2D eigenvalue weighted by Gasteiger charge is -2.16. The lowest BCUT2D eigenvalue weighted by molar-refractivity contribution is 0.0470. The Kier molecular flexibility index (Phi) is 3.18. The summed E-state index contributed by atoms with van der Waals surface area (Å²) in [4.78, 5) is 8.29. The number of terminal acetylenes is 1. The molecular weight excluding hydrogens is 365 g/mol. The van der Waals surface area contributed by atoms with Gasteiger partial charge in [-0.15, -0.1) is 6.42 Å². The van der Waals surface area contributed by atoms with E-state index in [-0.39, 0.29) is 12.1 Å². The highest BCUT2D eigenvalue weighted by molar-refractivity contribution is 14.1. The molecule has 0 amide bonds. The summed E-state index contributed by atoms with van der Waals surface area (Å²) in [6.07, 6.45) is 9.67. The van der Waals surface area contributed by atoms with E-state index in [9.17, 15) is 0 Å². The molecule has 0 aliphatic carbocycles. The quantitative estimate of drug-likeness (QED) is 0.438. The molecule has 4 nitrogen and oxygen atoms in total. The highest BCUT2D eigenvalue weighted by Crippen LogP contribution is 2.35. The van der Waals surface area contributed by atoms with E-state index < -0.39 is 0 Å². The van der Waals surface area contributed by atoms with Crippen molar-refractivity contribution in [1.29, 1.82) is 0 Å². The number of hydrogen-bond donors (Lipinski definition) is 0. The third kappa shape index (κ3) is 1.79. The number of ether oxygens (including phenoxy) is 1. The fourth-order valence-electron chi connectivity index (χ4n) is 2.21. The first-order chi connectivity index (χ1) is 8.72. The Bertz CT molecular complexity index is 649. The second-order valence-corrected chi connectivity index (χ2v) is 5.59. The second-order valence-electron chi connectivity index (χ2n) is 4.07. The highest BCUT2D eigenvalue weighted by atomic mass is 127. The van der Waals surface area contributed by atoms with Gasteiger partial charge in [0.2, 0.25) is 0 Å². The highest BCUT2D eigenvalue weighted by Gasteiger charge is 2.30. The van der Waals surface area contributed by atoms with Crippen molar-refractivity contribution in [3.63, 3.8) is 0 Å². The Hall–Kier alpha value is -0.840. The van der Waals surface area contributed by atoms with Gasteiger partial charge in [-0.1, -0.05) is 17.5 Å². The number of hydrogen-bond acceptors (Lipinski definition) is 3. The molecule has 0 saturated carbocycles. The standard InChI is InChI=1S/C12H9ClIN3O/c1-2-7-3-4-18-12(7)17-5-8(14)9-10(13)15-6-16-11(9)17/h1,5-7,12H,3-4H2/t7-,12+/m0/s1. The van der Waals surface area contributed by atoms with E-state index in [1.165, 1.54) is 6.33 Å². The van der Waals surface area contributed by atoms with Crippen molar-refractivity contribution in [3.05, 3.63) is 21.2 Å². The SMILES string of the molecule is C#C[C@H]1CCO[C@H]1n1cc(I)c2c(Cl)ncnc21. The molecule has 3 heterocycles. The normalized spacial score (nSPS) is 23.4. The van der Waals surface area contributed by atoms with Crippen LogP contribution in [0.15, 0.2) is 12.5 Å². The topological polar surface area (TPSA) is 39.9 Å². The van der Waals surface area contributed by atoms with E-state index in [0.717, 1.165) is 21.0 Å². The van der Waals surface area contributed by atoms with Crippen LogP contribution in [0.5, 0.6) is 0 Å². The Morgan fingerprint density at radius 2 is 2.39 bits per heavy atom. The molecule has 1 aliphatic rings. The van der Waals surface area contributed by atoms with Crippen molar-refractivity contribution in [2.75, 3.05) is 6.61 Å². The van der Waals surface area contributed by atoms with E-state index in [4.69, 9.17) is 22.8 Å². The summed E-state index contributed by atoms with van der Waals surface area (Å²) in [7, 11) is 0. The smallest absolute Gasteiger partial charge is 0.149 e. The molecule has 1 saturated heterocycles. The molecule has 2 aromatic heterocycles. The van der Waals surface area contributed by atoms with Crippen molar-refractivity contribution in [2.45, 2.75) is 12.6 Å². The molecule has 92 valence electrons. The van der Waals surface area contributed by atoms with Crippen molar-refractivity contribution in [1.82, 2.24) is 14.5 Å². The Morgan fingerprint density at radius 1 is 1.56 bits per heavy atom. The lowest BCUT2D eigenvalue weighted by atomic mass is 10.1. The van der Waals surface area contributed by atoms with Crippen LogP contribution in [0.1, 0.15) is 12.6 Å². The first-order valence-corrected chi connectivity index (χ1v) is 6.92. The van der Waals surface area contributed by atoms with Crippen molar-refractivity contribution < 1.29 is 4.74 Å². The zero-order valence-corrected chi connectivity index (χ0v) is 12.2. The molecule has 2 aromatic rings. The third-order valence-corrected chi connectivity index (χ3v) is 4.17. The van der Waals surface area contributed by atoms with Crippen molar-refractivity contribution >= 4 is 45.2 Å². The zero-order chi connectivity index (χ0) is 12.7. The summed E-state index contributed by atoms with van der Waals surface area (Å²) in [6.45, 7) is 0.675. The van der Waals surface area contributed by atoms with Gasteiger partial charge in [-0.05, 0) is 29.0 Å². The molecule has 0 radical (unpaired) electrons. The molecule has 0 spiro atoms. The van der Waals surface area contributed by atoms with Gasteiger partial charge in [0, 0.05) is 9.77 Å². The summed E-state index contributed by atoms with van der Waals surface area (Å²) < 4.78 is 8.68. The average Bonchev–Trinajstić information content (AvgIpc) is 2.94. The van der Waals surface area contributed by atoms with Crippen LogP contribution in [0.4, 0.5) is 0 Å². The van der Waals surface area contributed by atoms with Gasteiger partial charge in [0.1, 0.15) is 23.4 Å². The third-order valence-electron chi connectivity index (χ3n) is 3.07. The molecular formula is C12H9ClIN3O. The summed E-state index contributed by atoms with van der Waals surface area (Å²) in [5.74, 6) is 2.85. The Morgan fingerprint density at radius 3 is 3.17 bits per heavy atom. The minimum atomic E-state index is -0.160. The van der Waals surface area contributed by atoms with Crippen LogP contribution in [-0.2, 0) is 4.74 Å². The molecule has 2 atom stereocenters. The first-order valence-electron chi connectivity index (χ1n) is 5.46.